The average Bonchev–Trinajstić information content (AvgIpc) is 3.20. The number of imidazole rings is 1. The van der Waals surface area contributed by atoms with E-state index in [9.17, 15) is 14.0 Å². The van der Waals surface area contributed by atoms with Crippen LogP contribution < -0.4 is 5.69 Å². The van der Waals surface area contributed by atoms with Crippen LogP contribution in [0.4, 0.5) is 9.18 Å². The van der Waals surface area contributed by atoms with Gasteiger partial charge in [0.15, 0.2) is 0 Å². The summed E-state index contributed by atoms with van der Waals surface area (Å²) in [5, 5.41) is 0. The van der Waals surface area contributed by atoms with Gasteiger partial charge in [-0.1, -0.05) is 12.1 Å². The number of cyclic esters (lactones) is 1. The number of amides is 1. The minimum absolute atomic E-state index is 0.00292. The Bertz CT molecular complexity index is 1180. The molecule has 1 aliphatic carbocycles. The maximum atomic E-state index is 13.5. The summed E-state index contributed by atoms with van der Waals surface area (Å²) < 4.78 is 21.0. The van der Waals surface area contributed by atoms with Crippen molar-refractivity contribution in [2.75, 3.05) is 0 Å². The first-order chi connectivity index (χ1) is 14.8. The summed E-state index contributed by atoms with van der Waals surface area (Å²) in [5.74, 6) is -0.307. The van der Waals surface area contributed by atoms with E-state index in [2.05, 4.69) is 9.97 Å². The van der Waals surface area contributed by atoms with Crippen molar-refractivity contribution in [3.05, 3.63) is 64.6 Å². The highest BCUT2D eigenvalue weighted by Gasteiger charge is 2.51. The van der Waals surface area contributed by atoms with E-state index in [1.807, 2.05) is 29.4 Å². The molecule has 0 bridgehead atoms. The fraction of sp³-hybridized carbons (Fsp3) is 0.435. The number of hydrogen-bond donors (Lipinski definition) is 1. The predicted octanol–water partition coefficient (Wildman–Crippen LogP) is 4.32. The number of carbonyl (C=O) groups is 1. The third-order valence-electron chi connectivity index (χ3n) is 6.63. The SMILES string of the molecule is CC1(C)OC(=O)N([C@H]2CC[C@H](n3c(=O)[nH]c4cnccc43)CC2)[C@H]1c1ccc(F)cc1. The van der Waals surface area contributed by atoms with Crippen molar-refractivity contribution in [2.24, 2.45) is 0 Å². The number of nitrogens with one attached hydrogen (secondary N) is 1. The molecule has 1 aromatic carbocycles. The highest BCUT2D eigenvalue weighted by atomic mass is 19.1. The Hall–Kier alpha value is -3.16. The summed E-state index contributed by atoms with van der Waals surface area (Å²) in [6.45, 7) is 3.79. The number of halogens is 1. The van der Waals surface area contributed by atoms with Gasteiger partial charge in [-0.2, -0.15) is 0 Å². The molecule has 0 radical (unpaired) electrons. The van der Waals surface area contributed by atoms with Gasteiger partial charge in [-0.25, -0.2) is 14.0 Å². The molecule has 2 fully saturated rings. The van der Waals surface area contributed by atoms with E-state index in [-0.39, 0.29) is 35.7 Å². The normalized spacial score (nSPS) is 25.7. The lowest BCUT2D eigenvalue weighted by Crippen LogP contribution is -2.43. The lowest BCUT2D eigenvalue weighted by molar-refractivity contribution is 0.0662. The van der Waals surface area contributed by atoms with Crippen LogP contribution in [0, 0.1) is 5.82 Å². The monoisotopic (exact) mass is 424 g/mol. The van der Waals surface area contributed by atoms with Gasteiger partial charge in [0.1, 0.15) is 11.4 Å². The Morgan fingerprint density at radius 3 is 2.45 bits per heavy atom. The Kier molecular flexibility index (Phi) is 4.60. The number of carbonyl (C=O) groups excluding carboxylic acids is 1. The molecule has 1 aliphatic heterocycles. The third-order valence-corrected chi connectivity index (χ3v) is 6.63. The standard InChI is InChI=1S/C23H25FN4O3/c1-23(2)20(14-3-5-15(24)6-4-14)28(22(30)31-23)17-9-7-16(8-10-17)27-19-11-12-25-13-18(19)26-21(27)29/h3-6,11-13,16-17,20H,7-10H2,1-2H3,(H,26,29)/t16-,17-,20-/m0/s1. The molecule has 162 valence electrons. The van der Waals surface area contributed by atoms with E-state index in [0.29, 0.717) is 0 Å². The third kappa shape index (κ3) is 3.30. The van der Waals surface area contributed by atoms with Crippen LogP contribution in [0.2, 0.25) is 0 Å². The minimum atomic E-state index is -0.716. The number of H-pyrrole nitrogens is 1. The van der Waals surface area contributed by atoms with Crippen molar-refractivity contribution >= 4 is 17.1 Å². The van der Waals surface area contributed by atoms with Gasteiger partial charge in [0, 0.05) is 18.3 Å². The predicted molar refractivity (Wildman–Crippen MR) is 113 cm³/mol. The molecule has 1 saturated heterocycles. The second-order valence-electron chi connectivity index (χ2n) is 8.99. The zero-order valence-electron chi connectivity index (χ0n) is 17.5. The van der Waals surface area contributed by atoms with Gasteiger partial charge in [0.2, 0.25) is 0 Å². The highest BCUT2D eigenvalue weighted by molar-refractivity contribution is 5.74. The minimum Gasteiger partial charge on any atom is -0.441 e. The van der Waals surface area contributed by atoms with Crippen LogP contribution >= 0.6 is 0 Å². The van der Waals surface area contributed by atoms with Crippen LogP contribution in [0.3, 0.4) is 0 Å². The van der Waals surface area contributed by atoms with E-state index in [4.69, 9.17) is 4.74 Å². The van der Waals surface area contributed by atoms with Gasteiger partial charge < -0.3 is 9.72 Å². The fourth-order valence-electron chi connectivity index (χ4n) is 5.28. The molecule has 5 rings (SSSR count). The lowest BCUT2D eigenvalue weighted by Gasteiger charge is -2.38. The van der Waals surface area contributed by atoms with E-state index in [1.54, 1.807) is 24.5 Å². The number of aromatic nitrogens is 3. The van der Waals surface area contributed by atoms with Crippen molar-refractivity contribution < 1.29 is 13.9 Å². The molecule has 7 nitrogen and oxygen atoms in total. The van der Waals surface area contributed by atoms with E-state index in [1.165, 1.54) is 12.1 Å². The summed E-state index contributed by atoms with van der Waals surface area (Å²) in [4.78, 5) is 34.2. The first-order valence-corrected chi connectivity index (χ1v) is 10.7. The van der Waals surface area contributed by atoms with Gasteiger partial charge in [-0.15, -0.1) is 0 Å². The second kappa shape index (κ2) is 7.21. The first-order valence-electron chi connectivity index (χ1n) is 10.7. The van der Waals surface area contributed by atoms with Crippen LogP contribution in [0.1, 0.15) is 57.2 Å². The van der Waals surface area contributed by atoms with Crippen molar-refractivity contribution in [1.82, 2.24) is 19.4 Å². The molecule has 2 aliphatic rings. The number of aromatic amines is 1. The van der Waals surface area contributed by atoms with Gasteiger partial charge in [-0.05, 0) is 63.3 Å². The lowest BCUT2D eigenvalue weighted by atomic mass is 9.86. The van der Waals surface area contributed by atoms with Crippen molar-refractivity contribution in [2.45, 2.75) is 63.3 Å². The van der Waals surface area contributed by atoms with E-state index in [0.717, 1.165) is 42.3 Å². The number of ether oxygens (including phenoxy) is 1. The second-order valence-corrected chi connectivity index (χ2v) is 8.99. The summed E-state index contributed by atoms with van der Waals surface area (Å²) >= 11 is 0. The Morgan fingerprint density at radius 2 is 1.74 bits per heavy atom. The maximum Gasteiger partial charge on any atom is 0.411 e. The van der Waals surface area contributed by atoms with Gasteiger partial charge >= 0.3 is 11.8 Å². The summed E-state index contributed by atoms with van der Waals surface area (Å²) in [5.41, 5.74) is 1.61. The maximum absolute atomic E-state index is 13.5. The van der Waals surface area contributed by atoms with E-state index >= 15 is 0 Å². The van der Waals surface area contributed by atoms with Crippen LogP contribution in [-0.2, 0) is 4.74 Å². The molecule has 8 heteroatoms. The molecule has 1 atom stereocenters. The Balaban J connectivity index is 1.40. The summed E-state index contributed by atoms with van der Waals surface area (Å²) in [7, 11) is 0. The number of pyridine rings is 1. The summed E-state index contributed by atoms with van der Waals surface area (Å²) in [6.07, 6.45) is 6.09. The number of benzene rings is 1. The number of rotatable bonds is 3. The van der Waals surface area contributed by atoms with Crippen LogP contribution in [0.5, 0.6) is 0 Å². The van der Waals surface area contributed by atoms with Crippen LogP contribution in [0.15, 0.2) is 47.5 Å². The van der Waals surface area contributed by atoms with Gasteiger partial charge in [-0.3, -0.25) is 14.5 Å². The fourth-order valence-corrected chi connectivity index (χ4v) is 5.28. The molecule has 3 aromatic rings. The topological polar surface area (TPSA) is 80.2 Å². The molecule has 1 N–H and O–H groups in total. The van der Waals surface area contributed by atoms with Crippen molar-refractivity contribution in [1.29, 1.82) is 0 Å². The Labute approximate surface area is 178 Å². The molecule has 3 heterocycles. The zero-order chi connectivity index (χ0) is 21.8. The van der Waals surface area contributed by atoms with Gasteiger partial charge in [0.05, 0.1) is 23.3 Å². The zero-order valence-corrected chi connectivity index (χ0v) is 17.5. The smallest absolute Gasteiger partial charge is 0.411 e. The van der Waals surface area contributed by atoms with Crippen molar-refractivity contribution in [3.63, 3.8) is 0 Å². The van der Waals surface area contributed by atoms with Crippen LogP contribution in [0.25, 0.3) is 11.0 Å². The number of hydrogen-bond acceptors (Lipinski definition) is 4. The summed E-state index contributed by atoms with van der Waals surface area (Å²) in [6, 6.07) is 7.92. The largest absolute Gasteiger partial charge is 0.441 e. The van der Waals surface area contributed by atoms with E-state index < -0.39 is 5.60 Å². The highest BCUT2D eigenvalue weighted by Crippen LogP contribution is 2.45. The van der Waals surface area contributed by atoms with Crippen LogP contribution in [-0.4, -0.2) is 37.2 Å². The number of fused-ring (bicyclic) bond motifs is 1. The quantitative estimate of drug-likeness (QED) is 0.679. The molecule has 0 unspecified atom stereocenters. The molecule has 31 heavy (non-hydrogen) atoms. The molecular formula is C23H25FN4O3. The first kappa shape index (κ1) is 19.8. The van der Waals surface area contributed by atoms with Gasteiger partial charge in [0.25, 0.3) is 0 Å². The van der Waals surface area contributed by atoms with Crippen molar-refractivity contribution in [3.8, 4) is 0 Å². The Morgan fingerprint density at radius 1 is 1.06 bits per heavy atom. The molecule has 1 amide bonds. The average molecular weight is 424 g/mol. The molecule has 1 saturated carbocycles. The molecular weight excluding hydrogens is 399 g/mol. The molecule has 0 spiro atoms. The number of nitrogens with zero attached hydrogens (tertiary/aromatic N) is 3. The molecule has 2 aromatic heterocycles.